The molecule has 0 aromatic heterocycles. The highest BCUT2D eigenvalue weighted by atomic mass is 16.7. The molecule has 1 aliphatic carbocycles. The van der Waals surface area contributed by atoms with Crippen LogP contribution in [0.5, 0.6) is 11.5 Å². The minimum Gasteiger partial charge on any atom is -0.465 e. The Labute approximate surface area is 196 Å². The number of hydrogen-bond donors (Lipinski definition) is 0. The fourth-order valence-electron chi connectivity index (χ4n) is 4.07. The highest BCUT2D eigenvalue weighted by Gasteiger charge is 2.49. The third kappa shape index (κ3) is 5.85. The van der Waals surface area contributed by atoms with Gasteiger partial charge in [0.1, 0.15) is 0 Å². The van der Waals surface area contributed by atoms with Crippen LogP contribution >= 0.6 is 0 Å². The van der Waals surface area contributed by atoms with Crippen LogP contribution in [0, 0.1) is 11.8 Å². The molecule has 4 nitrogen and oxygen atoms in total. The van der Waals surface area contributed by atoms with Crippen LogP contribution in [-0.4, -0.2) is 19.4 Å². The van der Waals surface area contributed by atoms with Gasteiger partial charge >= 0.3 is 5.97 Å². The van der Waals surface area contributed by atoms with Gasteiger partial charge < -0.3 is 14.2 Å². The molecule has 2 aliphatic heterocycles. The molecule has 1 aromatic carbocycles. The van der Waals surface area contributed by atoms with Crippen LogP contribution in [0.1, 0.15) is 86.3 Å². The van der Waals surface area contributed by atoms with E-state index >= 15 is 0 Å². The van der Waals surface area contributed by atoms with Crippen LogP contribution in [-0.2, 0) is 9.53 Å². The largest absolute Gasteiger partial charge is 0.465 e. The average Bonchev–Trinajstić information content (AvgIpc) is 3.49. The van der Waals surface area contributed by atoms with Gasteiger partial charge in [0.2, 0.25) is 6.79 Å². The Morgan fingerprint density at radius 3 is 2.03 bits per heavy atom. The van der Waals surface area contributed by atoms with Gasteiger partial charge in [0, 0.05) is 11.8 Å². The van der Waals surface area contributed by atoms with E-state index in [1.54, 1.807) is 0 Å². The summed E-state index contributed by atoms with van der Waals surface area (Å²) in [5.74, 6) is 1.06. The molecule has 4 rings (SSSR count). The Hall–Kier alpha value is -2.49. The number of fused-ring (bicyclic) bond motifs is 3. The maximum absolute atomic E-state index is 12.5. The lowest BCUT2D eigenvalue weighted by Crippen LogP contribution is -2.30. The summed E-state index contributed by atoms with van der Waals surface area (Å²) < 4.78 is 16.5. The molecule has 2 heterocycles. The molecule has 0 amide bonds. The van der Waals surface area contributed by atoms with Crippen molar-refractivity contribution in [3.05, 3.63) is 53.6 Å². The van der Waals surface area contributed by atoms with E-state index in [4.69, 9.17) is 14.2 Å². The van der Waals surface area contributed by atoms with Crippen LogP contribution < -0.4 is 9.47 Å². The van der Waals surface area contributed by atoms with Gasteiger partial charge in [-0.1, -0.05) is 80.2 Å². The van der Waals surface area contributed by atoms with Crippen molar-refractivity contribution in [2.24, 2.45) is 11.8 Å². The van der Waals surface area contributed by atoms with Crippen LogP contribution in [0.25, 0.3) is 5.57 Å². The molecular formula is C28H44O4. The van der Waals surface area contributed by atoms with E-state index < -0.39 is 0 Å². The number of esters is 1. The van der Waals surface area contributed by atoms with Crippen molar-refractivity contribution in [1.29, 1.82) is 0 Å². The zero-order valence-corrected chi connectivity index (χ0v) is 21.9. The van der Waals surface area contributed by atoms with E-state index in [0.29, 0.717) is 6.61 Å². The maximum atomic E-state index is 12.5. The number of benzene rings is 1. The fourth-order valence-corrected chi connectivity index (χ4v) is 4.07. The second-order valence-electron chi connectivity index (χ2n) is 6.35. The number of carbonyl (C=O) groups excluding carboxylic acids is 1. The predicted octanol–water partition coefficient (Wildman–Crippen LogP) is 7.94. The quantitative estimate of drug-likeness (QED) is 0.343. The molecule has 1 aromatic rings. The average molecular weight is 445 g/mol. The van der Waals surface area contributed by atoms with Gasteiger partial charge in [-0.2, -0.15) is 0 Å². The molecule has 3 atom stereocenters. The lowest BCUT2D eigenvalue weighted by atomic mass is 9.65. The summed E-state index contributed by atoms with van der Waals surface area (Å²) in [5, 5.41) is 0. The van der Waals surface area contributed by atoms with Crippen molar-refractivity contribution >= 4 is 11.5 Å². The first-order valence-electron chi connectivity index (χ1n) is 12.2. The molecule has 0 radical (unpaired) electrons. The van der Waals surface area contributed by atoms with Crippen molar-refractivity contribution in [3.63, 3.8) is 0 Å². The molecule has 0 bridgehead atoms. The third-order valence-corrected chi connectivity index (χ3v) is 5.19. The zero-order chi connectivity index (χ0) is 24.8. The number of hydrogen-bond acceptors (Lipinski definition) is 4. The number of cyclic esters (lactones) is 1. The first kappa shape index (κ1) is 29.5. The number of rotatable bonds is 2. The van der Waals surface area contributed by atoms with Crippen molar-refractivity contribution in [3.8, 4) is 11.5 Å². The molecule has 32 heavy (non-hydrogen) atoms. The van der Waals surface area contributed by atoms with E-state index in [0.717, 1.165) is 33.8 Å². The van der Waals surface area contributed by atoms with E-state index in [-0.39, 0.29) is 30.5 Å². The molecular weight excluding hydrogens is 400 g/mol. The summed E-state index contributed by atoms with van der Waals surface area (Å²) >= 11 is 0. The van der Waals surface area contributed by atoms with Crippen molar-refractivity contribution in [1.82, 2.24) is 0 Å². The number of allylic oxidation sites excluding steroid dienone is 4. The molecule has 180 valence electrons. The van der Waals surface area contributed by atoms with Crippen molar-refractivity contribution in [2.45, 2.75) is 75.2 Å². The normalized spacial score (nSPS) is 21.8. The smallest absolute Gasteiger partial charge is 0.310 e. The fraction of sp³-hybridized carbons (Fsp3) is 0.536. The first-order valence-corrected chi connectivity index (χ1v) is 12.2. The SMILES string of the molecule is C=C1c2cc3c(cc2[C@@H](C(/C=C\C)=C/C)[C@@H]2C(=O)OC[C@H]12)OCO3.CC.CC.CC.CC. The Balaban J connectivity index is 0.00000109. The molecule has 4 heteroatoms. The Kier molecular flexibility index (Phi) is 14.1. The second-order valence-corrected chi connectivity index (χ2v) is 6.35. The van der Waals surface area contributed by atoms with Crippen molar-refractivity contribution in [2.75, 3.05) is 13.4 Å². The number of ether oxygens (including phenoxy) is 3. The minimum atomic E-state index is -0.229. The standard InChI is InChI=1S/C20H20O4.4C2H6/c1-4-6-12(5-2)18-14-8-17-16(23-10-24-17)7-13(14)11(3)15-9-22-20(21)19(15)18;4*1-2/h4-8,15,18-19H,3,9-10H2,1-2H3;4*1-2H3/b6-4-,12-5+;;;;/t15-,18-,19-;;;;/m1..../s1. The highest BCUT2D eigenvalue weighted by Crippen LogP contribution is 2.54. The van der Waals surface area contributed by atoms with Crippen molar-refractivity contribution < 1.29 is 19.0 Å². The zero-order valence-electron chi connectivity index (χ0n) is 21.9. The minimum absolute atomic E-state index is 0.00979. The Morgan fingerprint density at radius 2 is 1.50 bits per heavy atom. The van der Waals surface area contributed by atoms with E-state index in [2.05, 4.69) is 18.7 Å². The molecule has 0 unspecified atom stereocenters. The van der Waals surface area contributed by atoms with Gasteiger partial charge in [0.15, 0.2) is 11.5 Å². The van der Waals surface area contributed by atoms with E-state index in [1.165, 1.54) is 0 Å². The summed E-state index contributed by atoms with van der Waals surface area (Å²) in [4.78, 5) is 12.5. The van der Waals surface area contributed by atoms with Gasteiger partial charge in [0.25, 0.3) is 0 Å². The van der Waals surface area contributed by atoms with Crippen LogP contribution in [0.15, 0.2) is 42.5 Å². The summed E-state index contributed by atoms with van der Waals surface area (Å²) in [6.07, 6.45) is 6.13. The van der Waals surface area contributed by atoms with Gasteiger partial charge in [0.05, 0.1) is 12.5 Å². The molecule has 1 saturated heterocycles. The Bertz CT molecular complexity index is 789. The lowest BCUT2D eigenvalue weighted by Gasteiger charge is -2.35. The van der Waals surface area contributed by atoms with E-state index in [9.17, 15) is 4.79 Å². The topological polar surface area (TPSA) is 44.8 Å². The second kappa shape index (κ2) is 15.3. The predicted molar refractivity (Wildman–Crippen MR) is 136 cm³/mol. The maximum Gasteiger partial charge on any atom is 0.310 e. The van der Waals surface area contributed by atoms with Crippen LogP contribution in [0.3, 0.4) is 0 Å². The first-order chi connectivity index (χ1) is 15.7. The van der Waals surface area contributed by atoms with Gasteiger partial charge in [-0.25, -0.2) is 0 Å². The summed E-state index contributed by atoms with van der Waals surface area (Å²) in [7, 11) is 0. The van der Waals surface area contributed by atoms with Gasteiger partial charge in [-0.05, 0) is 48.3 Å². The molecule has 1 fully saturated rings. The summed E-state index contributed by atoms with van der Waals surface area (Å²) in [6.45, 7) is 24.9. The van der Waals surface area contributed by atoms with E-state index in [1.807, 2.05) is 87.4 Å². The third-order valence-electron chi connectivity index (χ3n) is 5.19. The number of carbonyl (C=O) groups is 1. The van der Waals surface area contributed by atoms with Crippen LogP contribution in [0.4, 0.5) is 0 Å². The summed E-state index contributed by atoms with van der Waals surface area (Å²) in [6, 6.07) is 4.00. The molecule has 0 N–H and O–H groups in total. The highest BCUT2D eigenvalue weighted by molar-refractivity contribution is 5.87. The molecule has 3 aliphatic rings. The monoisotopic (exact) mass is 444 g/mol. The Morgan fingerprint density at radius 1 is 0.938 bits per heavy atom. The van der Waals surface area contributed by atoms with Gasteiger partial charge in [-0.15, -0.1) is 0 Å². The lowest BCUT2D eigenvalue weighted by molar-refractivity contribution is -0.141. The van der Waals surface area contributed by atoms with Gasteiger partial charge in [-0.3, -0.25) is 4.79 Å². The molecule has 0 spiro atoms. The molecule has 0 saturated carbocycles. The van der Waals surface area contributed by atoms with Crippen LogP contribution in [0.2, 0.25) is 0 Å². The summed E-state index contributed by atoms with van der Waals surface area (Å²) in [5.41, 5.74) is 4.17.